The molecule has 162 valence electrons. The van der Waals surface area contributed by atoms with Crippen LogP contribution in [0.3, 0.4) is 0 Å². The van der Waals surface area contributed by atoms with Gasteiger partial charge in [0.1, 0.15) is 5.75 Å². The van der Waals surface area contributed by atoms with Crippen LogP contribution in [0.15, 0.2) is 65.8 Å². The van der Waals surface area contributed by atoms with Gasteiger partial charge in [-0.2, -0.15) is 5.10 Å². The van der Waals surface area contributed by atoms with Crippen LogP contribution in [0.5, 0.6) is 11.5 Å². The van der Waals surface area contributed by atoms with E-state index in [2.05, 4.69) is 10.5 Å². The zero-order chi connectivity index (χ0) is 23.3. The van der Waals surface area contributed by atoms with Gasteiger partial charge in [0, 0.05) is 11.6 Å². The van der Waals surface area contributed by atoms with Gasteiger partial charge >= 0.3 is 5.69 Å². The molecule has 12 heteroatoms. The molecule has 3 rings (SSSR count). The Hall–Kier alpha value is -4.02. The molecule has 0 aromatic heterocycles. The number of nitrogens with one attached hydrogen (secondary N) is 1. The van der Waals surface area contributed by atoms with Gasteiger partial charge < -0.3 is 4.74 Å². The van der Waals surface area contributed by atoms with E-state index >= 15 is 0 Å². The highest BCUT2D eigenvalue weighted by molar-refractivity contribution is 6.42. The lowest BCUT2D eigenvalue weighted by atomic mass is 10.2. The predicted molar refractivity (Wildman–Crippen MR) is 118 cm³/mol. The Bertz CT molecular complexity index is 1230. The molecule has 1 amide bonds. The number of nitro benzene ring substituents is 2. The van der Waals surface area contributed by atoms with Crippen LogP contribution in [-0.4, -0.2) is 22.0 Å². The standard InChI is InChI=1S/C20H12Cl2N4O6/c21-16-7-3-13(9-17(16)22)20(27)24-23-11-12-1-5-15(6-2-12)32-19-8-4-14(25(28)29)10-18(19)26(30)31/h1-11H,(H,24,27)/b23-11-. The Kier molecular flexibility index (Phi) is 6.98. The van der Waals surface area contributed by atoms with Crippen molar-refractivity contribution in [3.63, 3.8) is 0 Å². The topological polar surface area (TPSA) is 137 Å². The van der Waals surface area contributed by atoms with Gasteiger partial charge in [-0.3, -0.25) is 25.0 Å². The fourth-order valence-electron chi connectivity index (χ4n) is 2.46. The number of halogens is 2. The van der Waals surface area contributed by atoms with Crippen LogP contribution in [0.1, 0.15) is 15.9 Å². The van der Waals surface area contributed by atoms with Crippen molar-refractivity contribution in [2.45, 2.75) is 0 Å². The average Bonchev–Trinajstić information content (AvgIpc) is 2.76. The third kappa shape index (κ3) is 5.56. The fraction of sp³-hybridized carbons (Fsp3) is 0. The predicted octanol–water partition coefficient (Wildman–Crippen LogP) is 5.37. The molecule has 0 atom stereocenters. The normalized spacial score (nSPS) is 10.7. The summed E-state index contributed by atoms with van der Waals surface area (Å²) in [5, 5.41) is 26.4. The number of rotatable bonds is 7. The third-order valence-corrected chi connectivity index (χ3v) is 4.76. The molecule has 10 nitrogen and oxygen atoms in total. The van der Waals surface area contributed by atoms with Crippen LogP contribution in [-0.2, 0) is 0 Å². The zero-order valence-electron chi connectivity index (χ0n) is 15.9. The highest BCUT2D eigenvalue weighted by Gasteiger charge is 2.21. The summed E-state index contributed by atoms with van der Waals surface area (Å²) in [4.78, 5) is 32.6. The smallest absolute Gasteiger partial charge is 0.318 e. The van der Waals surface area contributed by atoms with E-state index in [0.717, 1.165) is 18.2 Å². The molecule has 3 aromatic rings. The summed E-state index contributed by atoms with van der Waals surface area (Å²) in [6.07, 6.45) is 1.38. The lowest BCUT2D eigenvalue weighted by Crippen LogP contribution is -2.17. The maximum absolute atomic E-state index is 12.1. The summed E-state index contributed by atoms with van der Waals surface area (Å²) >= 11 is 11.7. The molecule has 0 unspecified atom stereocenters. The molecule has 0 spiro atoms. The van der Waals surface area contributed by atoms with Gasteiger partial charge in [0.25, 0.3) is 11.6 Å². The van der Waals surface area contributed by atoms with E-state index in [0.29, 0.717) is 10.6 Å². The van der Waals surface area contributed by atoms with E-state index in [1.807, 2.05) is 0 Å². The number of amides is 1. The lowest BCUT2D eigenvalue weighted by molar-refractivity contribution is -0.394. The van der Waals surface area contributed by atoms with Crippen molar-refractivity contribution in [3.05, 3.63) is 102 Å². The van der Waals surface area contributed by atoms with E-state index in [1.165, 1.54) is 36.5 Å². The Balaban J connectivity index is 1.66. The quantitative estimate of drug-likeness (QED) is 0.277. The molecule has 3 aromatic carbocycles. The molecule has 0 aliphatic carbocycles. The number of ether oxygens (including phenoxy) is 1. The van der Waals surface area contributed by atoms with Crippen molar-refractivity contribution in [2.75, 3.05) is 0 Å². The minimum Gasteiger partial charge on any atom is -0.450 e. The number of benzene rings is 3. The van der Waals surface area contributed by atoms with Gasteiger partial charge in [0.15, 0.2) is 0 Å². The molecule has 0 aliphatic rings. The SMILES string of the molecule is O=C(N/N=C\c1ccc(Oc2ccc([N+](=O)[O-])cc2[N+](=O)[O-])cc1)c1ccc(Cl)c(Cl)c1. The second kappa shape index (κ2) is 9.86. The van der Waals surface area contributed by atoms with Crippen LogP contribution >= 0.6 is 23.2 Å². The second-order valence-electron chi connectivity index (χ2n) is 6.17. The first-order chi connectivity index (χ1) is 15.2. The summed E-state index contributed by atoms with van der Waals surface area (Å²) in [6.45, 7) is 0. The number of hydrazone groups is 1. The summed E-state index contributed by atoms with van der Waals surface area (Å²) in [5.74, 6) is -0.361. The van der Waals surface area contributed by atoms with Crippen LogP contribution in [0.2, 0.25) is 10.0 Å². The van der Waals surface area contributed by atoms with Crippen molar-refractivity contribution in [1.82, 2.24) is 5.43 Å². The molecule has 1 N–H and O–H groups in total. The number of carbonyl (C=O) groups excluding carboxylic acids is 1. The second-order valence-corrected chi connectivity index (χ2v) is 6.98. The largest absolute Gasteiger partial charge is 0.450 e. The van der Waals surface area contributed by atoms with Crippen molar-refractivity contribution in [1.29, 1.82) is 0 Å². The van der Waals surface area contributed by atoms with Crippen LogP contribution in [0, 0.1) is 20.2 Å². The Morgan fingerprint density at radius 2 is 1.66 bits per heavy atom. The molecule has 0 saturated carbocycles. The zero-order valence-corrected chi connectivity index (χ0v) is 17.4. The van der Waals surface area contributed by atoms with E-state index in [9.17, 15) is 25.0 Å². The number of carbonyl (C=O) groups is 1. The summed E-state index contributed by atoms with van der Waals surface area (Å²) in [7, 11) is 0. The molecule has 0 aliphatic heterocycles. The van der Waals surface area contributed by atoms with E-state index in [-0.39, 0.29) is 22.1 Å². The van der Waals surface area contributed by atoms with Gasteiger partial charge in [-0.05, 0) is 54.1 Å². The molecular formula is C20H12Cl2N4O6. The Morgan fingerprint density at radius 3 is 2.28 bits per heavy atom. The highest BCUT2D eigenvalue weighted by Crippen LogP contribution is 2.34. The fourth-order valence-corrected chi connectivity index (χ4v) is 2.76. The summed E-state index contributed by atoms with van der Waals surface area (Å²) < 4.78 is 5.48. The first-order valence-electron chi connectivity index (χ1n) is 8.74. The van der Waals surface area contributed by atoms with E-state index in [1.54, 1.807) is 12.1 Å². The van der Waals surface area contributed by atoms with Gasteiger partial charge in [-0.25, -0.2) is 5.43 Å². The van der Waals surface area contributed by atoms with Crippen LogP contribution in [0.25, 0.3) is 0 Å². The number of hydrogen-bond acceptors (Lipinski definition) is 7. The first-order valence-corrected chi connectivity index (χ1v) is 9.49. The van der Waals surface area contributed by atoms with Crippen molar-refractivity contribution < 1.29 is 19.4 Å². The Morgan fingerprint density at radius 1 is 0.938 bits per heavy atom. The molecule has 0 saturated heterocycles. The molecule has 0 radical (unpaired) electrons. The van der Waals surface area contributed by atoms with Gasteiger partial charge in [0.2, 0.25) is 5.75 Å². The van der Waals surface area contributed by atoms with Crippen molar-refractivity contribution in [2.24, 2.45) is 5.10 Å². The van der Waals surface area contributed by atoms with Crippen LogP contribution in [0.4, 0.5) is 11.4 Å². The van der Waals surface area contributed by atoms with Gasteiger partial charge in [-0.15, -0.1) is 0 Å². The number of nitro groups is 2. The highest BCUT2D eigenvalue weighted by atomic mass is 35.5. The molecule has 0 heterocycles. The van der Waals surface area contributed by atoms with Gasteiger partial charge in [0.05, 0.1) is 32.2 Å². The summed E-state index contributed by atoms with van der Waals surface area (Å²) in [5.41, 5.74) is 2.28. The molecule has 0 fully saturated rings. The average molecular weight is 475 g/mol. The van der Waals surface area contributed by atoms with Crippen molar-refractivity contribution >= 4 is 46.7 Å². The Labute approximate surface area is 190 Å². The number of hydrogen-bond donors (Lipinski definition) is 1. The third-order valence-electron chi connectivity index (χ3n) is 4.02. The minimum atomic E-state index is -0.764. The number of non-ortho nitro benzene ring substituents is 1. The van der Waals surface area contributed by atoms with Crippen LogP contribution < -0.4 is 10.2 Å². The molecule has 32 heavy (non-hydrogen) atoms. The number of nitrogens with zero attached hydrogens (tertiary/aromatic N) is 3. The molecular weight excluding hydrogens is 463 g/mol. The maximum Gasteiger partial charge on any atom is 0.318 e. The minimum absolute atomic E-state index is 0.143. The molecule has 0 bridgehead atoms. The van der Waals surface area contributed by atoms with E-state index < -0.39 is 27.1 Å². The monoisotopic (exact) mass is 474 g/mol. The lowest BCUT2D eigenvalue weighted by Gasteiger charge is -2.06. The van der Waals surface area contributed by atoms with E-state index in [4.69, 9.17) is 27.9 Å². The first kappa shape index (κ1) is 22.7. The maximum atomic E-state index is 12.1. The van der Waals surface area contributed by atoms with Crippen molar-refractivity contribution in [3.8, 4) is 11.5 Å². The van der Waals surface area contributed by atoms with Gasteiger partial charge in [-0.1, -0.05) is 23.2 Å². The summed E-state index contributed by atoms with van der Waals surface area (Å²) in [6, 6.07) is 13.7.